The normalized spacial score (nSPS) is 13.5. The molecule has 0 aliphatic heterocycles. The monoisotopic (exact) mass is 838 g/mol. The zero-order valence-corrected chi connectivity index (χ0v) is 33.5. The van der Waals surface area contributed by atoms with Gasteiger partial charge in [0.1, 0.15) is 30.0 Å². The summed E-state index contributed by atoms with van der Waals surface area (Å²) in [6.45, 7) is 1.74. The van der Waals surface area contributed by atoms with Gasteiger partial charge in [0.15, 0.2) is 0 Å². The molecular formula is C42H51FN12O6. The third-order valence-electron chi connectivity index (χ3n) is 9.83. The number of nitrogens with zero attached hydrogens (tertiary/aromatic N) is 2. The van der Waals surface area contributed by atoms with Crippen molar-refractivity contribution in [1.82, 2.24) is 41.6 Å². The van der Waals surface area contributed by atoms with E-state index >= 15 is 0 Å². The largest absolute Gasteiger partial charge is 0.368 e. The Morgan fingerprint density at radius 2 is 1.43 bits per heavy atom. The van der Waals surface area contributed by atoms with Gasteiger partial charge in [0, 0.05) is 48.3 Å². The fourth-order valence-corrected chi connectivity index (χ4v) is 6.47. The van der Waals surface area contributed by atoms with Gasteiger partial charge in [-0.15, -0.1) is 0 Å². The summed E-state index contributed by atoms with van der Waals surface area (Å²) in [5, 5.41) is 12.1. The summed E-state index contributed by atoms with van der Waals surface area (Å²) in [6.07, 6.45) is 6.13. The van der Waals surface area contributed by atoms with Gasteiger partial charge in [0.05, 0.1) is 18.1 Å². The van der Waals surface area contributed by atoms with Crippen molar-refractivity contribution in [3.05, 3.63) is 120 Å². The third kappa shape index (κ3) is 12.9. The molecule has 19 heteroatoms. The van der Waals surface area contributed by atoms with E-state index < -0.39 is 71.6 Å². The first kappa shape index (κ1) is 45.0. The van der Waals surface area contributed by atoms with Crippen molar-refractivity contribution < 1.29 is 33.2 Å². The Kier molecular flexibility index (Phi) is 16.0. The number of carbonyl (C=O) groups is 6. The van der Waals surface area contributed by atoms with Gasteiger partial charge in [-0.05, 0) is 74.2 Å². The number of carbonyl (C=O) groups excluding carboxylic acids is 6. The lowest BCUT2D eigenvalue weighted by atomic mass is 10.0. The van der Waals surface area contributed by atoms with Crippen molar-refractivity contribution in [2.24, 2.45) is 17.2 Å². The van der Waals surface area contributed by atoms with Crippen LogP contribution in [0.5, 0.6) is 0 Å². The van der Waals surface area contributed by atoms with E-state index in [1.165, 1.54) is 31.6 Å². The van der Waals surface area contributed by atoms with Crippen LogP contribution in [-0.2, 0) is 43.2 Å². The van der Waals surface area contributed by atoms with Crippen LogP contribution in [0.2, 0.25) is 0 Å². The average molecular weight is 839 g/mol. The Balaban J connectivity index is 1.34. The van der Waals surface area contributed by atoms with Crippen molar-refractivity contribution in [1.29, 1.82) is 0 Å². The fourth-order valence-electron chi connectivity index (χ4n) is 6.47. The van der Waals surface area contributed by atoms with E-state index in [-0.39, 0.29) is 31.4 Å². The summed E-state index contributed by atoms with van der Waals surface area (Å²) in [5.41, 5.74) is 22.6. The van der Waals surface area contributed by atoms with E-state index in [2.05, 4.69) is 41.6 Å². The maximum absolute atomic E-state index is 14.1. The second kappa shape index (κ2) is 21.8. The van der Waals surface area contributed by atoms with Gasteiger partial charge >= 0.3 is 6.03 Å². The molecule has 7 amide bonds. The number of unbranched alkanes of at least 4 members (excludes halogenated alkanes) is 1. The highest BCUT2D eigenvalue weighted by atomic mass is 19.1. The summed E-state index contributed by atoms with van der Waals surface area (Å²) in [4.78, 5) is 91.2. The molecule has 3 aromatic carbocycles. The van der Waals surface area contributed by atoms with E-state index in [1.807, 2.05) is 24.3 Å². The Hall–Kier alpha value is -7.12. The van der Waals surface area contributed by atoms with Gasteiger partial charge in [-0.2, -0.15) is 0 Å². The summed E-state index contributed by atoms with van der Waals surface area (Å²) < 4.78 is 14.1. The number of primary amides is 1. The molecule has 0 bridgehead atoms. The highest BCUT2D eigenvalue weighted by Gasteiger charge is 2.32. The number of halogens is 1. The van der Waals surface area contributed by atoms with Gasteiger partial charge in [-0.3, -0.25) is 29.4 Å². The number of benzene rings is 3. The van der Waals surface area contributed by atoms with E-state index in [0.717, 1.165) is 28.0 Å². The van der Waals surface area contributed by atoms with E-state index in [4.69, 9.17) is 17.2 Å². The van der Waals surface area contributed by atoms with Gasteiger partial charge in [-0.1, -0.05) is 48.5 Å². The molecule has 5 atom stereocenters. The topological polar surface area (TPSA) is 288 Å². The molecule has 0 aliphatic rings. The molecule has 2 heterocycles. The number of urea groups is 1. The van der Waals surface area contributed by atoms with Crippen LogP contribution in [0.25, 0.3) is 10.9 Å². The molecule has 2 aromatic heterocycles. The molecule has 61 heavy (non-hydrogen) atoms. The first-order valence-electron chi connectivity index (χ1n) is 19.7. The highest BCUT2D eigenvalue weighted by molar-refractivity contribution is 6.00. The highest BCUT2D eigenvalue weighted by Crippen LogP contribution is 2.20. The third-order valence-corrected chi connectivity index (χ3v) is 9.83. The maximum atomic E-state index is 14.1. The number of H-pyrrole nitrogens is 2. The average Bonchev–Trinajstić information content (AvgIpc) is 3.92. The zero-order valence-electron chi connectivity index (χ0n) is 33.5. The molecule has 0 saturated heterocycles. The smallest absolute Gasteiger partial charge is 0.341 e. The minimum atomic E-state index is -1.32. The number of aromatic amines is 2. The van der Waals surface area contributed by atoms with Gasteiger partial charge in [0.25, 0.3) is 5.91 Å². The molecule has 322 valence electrons. The Labute approximate surface area is 350 Å². The number of nitrogens with one attached hydrogen (secondary N) is 7. The summed E-state index contributed by atoms with van der Waals surface area (Å²) in [6, 6.07) is 13.8. The van der Waals surface area contributed by atoms with Crippen LogP contribution >= 0.6 is 0 Å². The molecule has 5 aromatic rings. The minimum absolute atomic E-state index is 0.00262. The Bertz CT molecular complexity index is 2250. The zero-order chi connectivity index (χ0) is 43.9. The number of hydrazine groups is 1. The molecule has 0 radical (unpaired) electrons. The maximum Gasteiger partial charge on any atom is 0.341 e. The quantitative estimate of drug-likeness (QED) is 0.0396. The second-order valence-corrected chi connectivity index (χ2v) is 14.5. The van der Waals surface area contributed by atoms with Gasteiger partial charge in [-0.25, -0.2) is 19.2 Å². The molecule has 13 N–H and O–H groups in total. The number of anilines is 1. The number of nitrogens with two attached hydrogens (primary N) is 3. The lowest BCUT2D eigenvalue weighted by molar-refractivity contribution is -0.132. The predicted molar refractivity (Wildman–Crippen MR) is 225 cm³/mol. The minimum Gasteiger partial charge on any atom is -0.368 e. The second-order valence-electron chi connectivity index (χ2n) is 14.5. The van der Waals surface area contributed by atoms with Crippen molar-refractivity contribution in [2.45, 2.75) is 75.7 Å². The number of imidazole rings is 1. The van der Waals surface area contributed by atoms with Crippen LogP contribution in [0.15, 0.2) is 97.6 Å². The van der Waals surface area contributed by atoms with Crippen LogP contribution in [-0.4, -0.2) is 87.3 Å². The van der Waals surface area contributed by atoms with Crippen molar-refractivity contribution >= 4 is 52.2 Å². The van der Waals surface area contributed by atoms with Crippen LogP contribution < -0.4 is 48.9 Å². The molecular weight excluding hydrogens is 788 g/mol. The lowest BCUT2D eigenvalue weighted by Crippen LogP contribution is -2.61. The molecule has 0 fully saturated rings. The van der Waals surface area contributed by atoms with Crippen molar-refractivity contribution in [3.63, 3.8) is 0 Å². The lowest BCUT2D eigenvalue weighted by Gasteiger charge is -2.29. The molecule has 0 saturated carbocycles. The van der Waals surface area contributed by atoms with E-state index in [9.17, 15) is 33.2 Å². The molecule has 5 rings (SSSR count). The molecule has 0 spiro atoms. The van der Waals surface area contributed by atoms with Crippen LogP contribution in [0.1, 0.15) is 43.0 Å². The molecule has 18 nitrogen and oxygen atoms in total. The fraction of sp³-hybridized carbons (Fsp3) is 0.310. The molecule has 0 unspecified atom stereocenters. The molecule has 0 aliphatic carbocycles. The summed E-state index contributed by atoms with van der Waals surface area (Å²) in [7, 11) is 0. The van der Waals surface area contributed by atoms with Crippen LogP contribution in [0.3, 0.4) is 0 Å². The summed E-state index contributed by atoms with van der Waals surface area (Å²) >= 11 is 0. The number of amides is 7. The van der Waals surface area contributed by atoms with Gasteiger partial charge in [0.2, 0.25) is 23.6 Å². The number of aromatic nitrogens is 3. The van der Waals surface area contributed by atoms with Crippen LogP contribution in [0.4, 0.5) is 14.9 Å². The Morgan fingerprint density at radius 3 is 2.11 bits per heavy atom. The van der Waals surface area contributed by atoms with E-state index in [1.54, 1.807) is 36.5 Å². The SMILES string of the molecule is C[C@H](NC(=O)[C@@H](Cc1c[nH]c2ccccc12)NC(=O)[C@@H](N)Cc1cnc[nH]1)C(=O)NN(C(=O)N[C@H](Cc1ccccc1)C(=O)N[C@@H](CCCCN)C(N)=O)c1ccc(F)cc1. The van der Waals surface area contributed by atoms with Crippen LogP contribution in [0, 0.1) is 5.82 Å². The Morgan fingerprint density at radius 1 is 0.754 bits per heavy atom. The van der Waals surface area contributed by atoms with E-state index in [0.29, 0.717) is 36.2 Å². The number of rotatable bonds is 20. The number of fused-ring (bicyclic) bond motifs is 1. The van der Waals surface area contributed by atoms with Gasteiger partial charge < -0.3 is 48.4 Å². The standard InChI is InChI=1S/C42H51FN12O6/c1-25(50-40(59)36(20-27-22-48-33-12-6-5-11-31(27)33)52-39(58)32(45)21-29-23-47-24-49-29)38(57)54-55(30-16-14-28(43)15-17-30)42(61)53-35(19-26-9-3-2-4-10-26)41(60)51-34(37(46)56)13-7-8-18-44/h2-6,9-12,14-17,22-25,32,34-36,48H,7-8,13,18-21,44-45H2,1H3,(H2,46,56)(H,47,49)(H,50,59)(H,51,60)(H,52,58)(H,53,61)(H,54,57)/t25-,32-,34-,35+,36+/m0/s1. The predicted octanol–water partition coefficient (Wildman–Crippen LogP) is 1.09. The number of hydrogen-bond acceptors (Lipinski definition) is 9. The number of para-hydroxylation sites is 1. The van der Waals surface area contributed by atoms with Crippen molar-refractivity contribution in [2.75, 3.05) is 11.6 Å². The van der Waals surface area contributed by atoms with Crippen molar-refractivity contribution in [3.8, 4) is 0 Å². The first-order valence-corrected chi connectivity index (χ1v) is 19.7. The first-order chi connectivity index (χ1) is 29.3. The summed E-state index contributed by atoms with van der Waals surface area (Å²) in [5.74, 6) is -4.38. The number of hydrogen-bond donors (Lipinski definition) is 10.